The maximum absolute atomic E-state index is 11.7. The minimum Gasteiger partial charge on any atom is -0.345 e. The van der Waals surface area contributed by atoms with E-state index in [-0.39, 0.29) is 12.5 Å². The van der Waals surface area contributed by atoms with Crippen LogP contribution >= 0.6 is 43.2 Å². The van der Waals surface area contributed by atoms with Gasteiger partial charge in [0.2, 0.25) is 6.39 Å². The van der Waals surface area contributed by atoms with E-state index in [1.165, 1.54) is 17.7 Å². The van der Waals surface area contributed by atoms with Gasteiger partial charge in [0.05, 0.1) is 19.7 Å². The topological polar surface area (TPSA) is 68.0 Å². The molecule has 2 aromatic heterocycles. The molecule has 0 aliphatic carbocycles. The van der Waals surface area contributed by atoms with Gasteiger partial charge in [-0.2, -0.15) is 4.98 Å². The molecule has 8 heteroatoms. The first-order chi connectivity index (χ1) is 7.66. The van der Waals surface area contributed by atoms with Crippen molar-refractivity contribution in [2.75, 3.05) is 0 Å². The van der Waals surface area contributed by atoms with Gasteiger partial charge in [0.15, 0.2) is 5.82 Å². The lowest BCUT2D eigenvalue weighted by molar-refractivity contribution is 0.0949. The molecule has 84 valence electrons. The minimum absolute atomic E-state index is 0.182. The Balaban J connectivity index is 2.01. The molecule has 5 nitrogen and oxygen atoms in total. The molecular weight excluding hydrogens is 362 g/mol. The van der Waals surface area contributed by atoms with E-state index in [2.05, 4.69) is 51.8 Å². The summed E-state index contributed by atoms with van der Waals surface area (Å²) in [6, 6.07) is 1.75. The van der Waals surface area contributed by atoms with Gasteiger partial charge in [-0.25, -0.2) is 0 Å². The first-order valence-electron chi connectivity index (χ1n) is 4.15. The summed E-state index contributed by atoms with van der Waals surface area (Å²) in [5, 5.41) is 6.28. The third-order valence-electron chi connectivity index (χ3n) is 1.72. The van der Waals surface area contributed by atoms with Crippen LogP contribution in [0.5, 0.6) is 0 Å². The minimum atomic E-state index is -0.182. The Hall–Kier alpha value is -0.730. The van der Waals surface area contributed by atoms with Crippen molar-refractivity contribution in [2.45, 2.75) is 6.54 Å². The highest BCUT2D eigenvalue weighted by molar-refractivity contribution is 9.12. The fourth-order valence-electron chi connectivity index (χ4n) is 1.02. The van der Waals surface area contributed by atoms with Crippen LogP contribution in [0, 0.1) is 0 Å². The number of rotatable bonds is 3. The number of aromatic nitrogens is 2. The highest BCUT2D eigenvalue weighted by Gasteiger charge is 2.13. The summed E-state index contributed by atoms with van der Waals surface area (Å²) < 4.78 is 6.23. The fraction of sp³-hybridized carbons (Fsp3) is 0.125. The van der Waals surface area contributed by atoms with Crippen molar-refractivity contribution < 1.29 is 9.32 Å². The summed E-state index contributed by atoms with van der Waals surface area (Å²) in [6.45, 7) is 0.245. The van der Waals surface area contributed by atoms with Gasteiger partial charge in [-0.05, 0) is 37.9 Å². The number of carbonyl (C=O) groups excluding carboxylic acids is 1. The van der Waals surface area contributed by atoms with Gasteiger partial charge in [-0.15, -0.1) is 11.3 Å². The highest BCUT2D eigenvalue weighted by Crippen LogP contribution is 2.31. The average Bonchev–Trinajstić information content (AvgIpc) is 2.84. The van der Waals surface area contributed by atoms with E-state index in [1.54, 1.807) is 6.07 Å². The van der Waals surface area contributed by atoms with Crippen molar-refractivity contribution in [3.05, 3.63) is 31.4 Å². The van der Waals surface area contributed by atoms with E-state index in [0.717, 1.165) is 7.57 Å². The smallest absolute Gasteiger partial charge is 0.253 e. The summed E-state index contributed by atoms with van der Waals surface area (Å²) >= 11 is 8.07. The monoisotopic (exact) mass is 365 g/mol. The van der Waals surface area contributed by atoms with Gasteiger partial charge in [-0.1, -0.05) is 5.16 Å². The fourth-order valence-corrected chi connectivity index (χ4v) is 3.81. The van der Waals surface area contributed by atoms with E-state index in [0.29, 0.717) is 11.4 Å². The first kappa shape index (κ1) is 11.7. The maximum Gasteiger partial charge on any atom is 0.253 e. The van der Waals surface area contributed by atoms with Crippen molar-refractivity contribution in [1.29, 1.82) is 0 Å². The normalized spacial score (nSPS) is 10.4. The lowest BCUT2D eigenvalue weighted by atomic mass is 10.3. The Kier molecular flexibility index (Phi) is 3.72. The van der Waals surface area contributed by atoms with Crippen molar-refractivity contribution in [3.8, 4) is 0 Å². The van der Waals surface area contributed by atoms with E-state index in [4.69, 9.17) is 0 Å². The number of halogens is 2. The Bertz CT molecular complexity index is 497. The van der Waals surface area contributed by atoms with Crippen LogP contribution in [-0.2, 0) is 6.54 Å². The molecule has 1 amide bonds. The first-order valence-corrected chi connectivity index (χ1v) is 6.55. The summed E-state index contributed by atoms with van der Waals surface area (Å²) in [5.41, 5.74) is 0.584. The van der Waals surface area contributed by atoms with Gasteiger partial charge in [-0.3, -0.25) is 4.79 Å². The van der Waals surface area contributed by atoms with Crippen molar-refractivity contribution in [3.63, 3.8) is 0 Å². The van der Waals surface area contributed by atoms with Crippen LogP contribution in [0.4, 0.5) is 0 Å². The van der Waals surface area contributed by atoms with Crippen LogP contribution in [-0.4, -0.2) is 16.0 Å². The van der Waals surface area contributed by atoms with Crippen LogP contribution in [0.3, 0.4) is 0 Å². The van der Waals surface area contributed by atoms with Gasteiger partial charge in [0.25, 0.3) is 5.91 Å². The molecule has 0 aliphatic heterocycles. The summed E-state index contributed by atoms with van der Waals surface area (Å²) in [6.07, 6.45) is 1.22. The second kappa shape index (κ2) is 5.07. The van der Waals surface area contributed by atoms with Crippen LogP contribution in [0.1, 0.15) is 16.2 Å². The third-order valence-corrected chi connectivity index (χ3v) is 4.05. The third kappa shape index (κ3) is 2.69. The molecule has 16 heavy (non-hydrogen) atoms. The number of nitrogens with one attached hydrogen (secondary N) is 1. The Morgan fingerprint density at radius 3 is 2.94 bits per heavy atom. The highest BCUT2D eigenvalue weighted by atomic mass is 79.9. The molecule has 0 saturated carbocycles. The SMILES string of the molecule is O=C(NCc1ncon1)c1cc(Br)sc1Br. The molecule has 2 aromatic rings. The number of amides is 1. The average molecular weight is 367 g/mol. The van der Waals surface area contributed by atoms with Crippen LogP contribution in [0.15, 0.2) is 24.6 Å². The molecular formula is C8H5Br2N3O2S. The zero-order valence-electron chi connectivity index (χ0n) is 7.74. The van der Waals surface area contributed by atoms with Gasteiger partial charge in [0.1, 0.15) is 0 Å². The molecule has 0 saturated heterocycles. The predicted octanol–water partition coefficient (Wildman–Crippen LogP) is 2.59. The maximum atomic E-state index is 11.7. The molecule has 0 spiro atoms. The number of thiophene rings is 1. The van der Waals surface area contributed by atoms with E-state index in [1.807, 2.05) is 0 Å². The van der Waals surface area contributed by atoms with Crippen LogP contribution < -0.4 is 5.32 Å². The lowest BCUT2D eigenvalue weighted by Crippen LogP contribution is -2.23. The Labute approximate surface area is 111 Å². The molecule has 0 fully saturated rings. The van der Waals surface area contributed by atoms with Gasteiger partial charge in [0, 0.05) is 0 Å². The van der Waals surface area contributed by atoms with Gasteiger partial charge < -0.3 is 9.84 Å². The Morgan fingerprint density at radius 1 is 1.56 bits per heavy atom. The molecule has 0 aliphatic rings. The molecule has 0 atom stereocenters. The molecule has 0 radical (unpaired) electrons. The second-order valence-electron chi connectivity index (χ2n) is 2.77. The molecule has 2 rings (SSSR count). The van der Waals surface area contributed by atoms with Crippen molar-refractivity contribution in [2.24, 2.45) is 0 Å². The molecule has 0 bridgehead atoms. The van der Waals surface area contributed by atoms with Crippen LogP contribution in [0.25, 0.3) is 0 Å². The summed E-state index contributed by atoms with van der Waals surface area (Å²) in [5.74, 6) is 0.261. The van der Waals surface area contributed by atoms with Crippen LogP contribution in [0.2, 0.25) is 0 Å². The molecule has 0 unspecified atom stereocenters. The second-order valence-corrected chi connectivity index (χ2v) is 6.52. The molecule has 1 N–H and O–H groups in total. The van der Waals surface area contributed by atoms with E-state index < -0.39 is 0 Å². The lowest BCUT2D eigenvalue weighted by Gasteiger charge is -2.00. The van der Waals surface area contributed by atoms with Crippen molar-refractivity contribution >= 4 is 49.1 Å². The number of hydrogen-bond donors (Lipinski definition) is 1. The van der Waals surface area contributed by atoms with E-state index >= 15 is 0 Å². The van der Waals surface area contributed by atoms with Crippen molar-refractivity contribution in [1.82, 2.24) is 15.5 Å². The zero-order chi connectivity index (χ0) is 11.5. The largest absolute Gasteiger partial charge is 0.345 e. The predicted molar refractivity (Wildman–Crippen MR) is 65.2 cm³/mol. The van der Waals surface area contributed by atoms with E-state index in [9.17, 15) is 4.79 Å². The zero-order valence-corrected chi connectivity index (χ0v) is 11.7. The molecule has 2 heterocycles. The quantitative estimate of drug-likeness (QED) is 0.906. The number of nitrogens with zero attached hydrogens (tertiary/aromatic N) is 2. The summed E-state index contributed by atoms with van der Waals surface area (Å²) in [4.78, 5) is 15.5. The number of hydrogen-bond acceptors (Lipinski definition) is 5. The summed E-state index contributed by atoms with van der Waals surface area (Å²) in [7, 11) is 0. The standard InChI is InChI=1S/C8H5Br2N3O2S/c9-5-1-4(7(10)16-5)8(14)11-2-6-12-3-15-13-6/h1,3H,2H2,(H,11,14). The van der Waals surface area contributed by atoms with Gasteiger partial charge >= 0.3 is 0 Å². The number of carbonyl (C=O) groups is 1. The Morgan fingerprint density at radius 2 is 2.38 bits per heavy atom. The molecule has 0 aromatic carbocycles.